The molecule has 0 spiro atoms. The van der Waals surface area contributed by atoms with E-state index >= 15 is 0 Å². The van der Waals surface area contributed by atoms with E-state index in [9.17, 15) is 24.0 Å². The fraction of sp³-hybridized carbons (Fsp3) is 0.278. The fourth-order valence-electron chi connectivity index (χ4n) is 6.85. The summed E-state index contributed by atoms with van der Waals surface area (Å²) < 4.78 is 9.11. The first kappa shape index (κ1) is 31.8. The molecule has 0 aliphatic carbocycles. The number of hydrogen-bond acceptors (Lipinski definition) is 10. The summed E-state index contributed by atoms with van der Waals surface area (Å²) >= 11 is 0. The molecule has 1 unspecified atom stereocenters. The van der Waals surface area contributed by atoms with Crippen LogP contribution in [0, 0.1) is 11.8 Å². The first-order valence-electron chi connectivity index (χ1n) is 16.5. The molecule has 1 atom stereocenters. The molecule has 3 aromatic heterocycles. The zero-order valence-electron chi connectivity index (χ0n) is 27.5. The smallest absolute Gasteiger partial charge is 0.262 e. The molecule has 2 aromatic carbocycles. The molecule has 2 fully saturated rings. The lowest BCUT2D eigenvalue weighted by Crippen LogP contribution is -2.54. The number of carbonyl (C=O) groups is 5. The second kappa shape index (κ2) is 12.8. The van der Waals surface area contributed by atoms with E-state index in [1.54, 1.807) is 48.3 Å². The van der Waals surface area contributed by atoms with Crippen molar-refractivity contribution in [3.05, 3.63) is 83.4 Å². The molecule has 3 aliphatic heterocycles. The average Bonchev–Trinajstić information content (AvgIpc) is 3.82. The van der Waals surface area contributed by atoms with Crippen LogP contribution in [0.5, 0.6) is 5.75 Å². The van der Waals surface area contributed by atoms with E-state index in [0.717, 1.165) is 41.7 Å². The first-order chi connectivity index (χ1) is 24.8. The minimum Gasteiger partial charge on any atom is -0.494 e. The molecule has 256 valence electrons. The van der Waals surface area contributed by atoms with Crippen molar-refractivity contribution in [1.82, 2.24) is 39.5 Å². The van der Waals surface area contributed by atoms with Gasteiger partial charge in [0.2, 0.25) is 11.8 Å². The van der Waals surface area contributed by atoms with E-state index in [1.807, 2.05) is 23.0 Å². The van der Waals surface area contributed by atoms with Gasteiger partial charge in [0, 0.05) is 55.1 Å². The van der Waals surface area contributed by atoms with Crippen molar-refractivity contribution in [1.29, 1.82) is 0 Å². The number of benzene rings is 2. The number of methoxy groups -OCH3 is 1. The maximum Gasteiger partial charge on any atom is 0.262 e. The number of rotatable bonds is 6. The van der Waals surface area contributed by atoms with Crippen LogP contribution in [0.1, 0.15) is 68.4 Å². The first-order valence-corrected chi connectivity index (χ1v) is 16.5. The molecule has 0 radical (unpaired) electrons. The van der Waals surface area contributed by atoms with Crippen molar-refractivity contribution in [2.24, 2.45) is 0 Å². The Hall–Kier alpha value is -6.40. The minimum absolute atomic E-state index is 0.0676. The molecule has 5 aromatic rings. The highest BCUT2D eigenvalue weighted by Gasteiger charge is 2.44. The van der Waals surface area contributed by atoms with Crippen molar-refractivity contribution in [3.8, 4) is 17.6 Å². The van der Waals surface area contributed by atoms with Gasteiger partial charge in [-0.25, -0.2) is 9.50 Å². The minimum atomic E-state index is -1.01. The van der Waals surface area contributed by atoms with Crippen molar-refractivity contribution in [3.63, 3.8) is 0 Å². The summed E-state index contributed by atoms with van der Waals surface area (Å²) in [6.07, 6.45) is 8.71. The number of carbonyl (C=O) groups excluding carboxylic acids is 5. The van der Waals surface area contributed by atoms with Crippen molar-refractivity contribution in [2.75, 3.05) is 32.1 Å². The molecule has 0 bridgehead atoms. The summed E-state index contributed by atoms with van der Waals surface area (Å²) in [7, 11) is 1.55. The van der Waals surface area contributed by atoms with Gasteiger partial charge in [0.15, 0.2) is 5.65 Å². The third kappa shape index (κ3) is 5.85. The number of imide groups is 2. The van der Waals surface area contributed by atoms with Crippen LogP contribution in [-0.2, 0) is 9.59 Å². The Balaban J connectivity index is 0.894. The molecular weight excluding hydrogens is 654 g/mol. The predicted octanol–water partition coefficient (Wildman–Crippen LogP) is 2.43. The van der Waals surface area contributed by atoms with Crippen LogP contribution >= 0.6 is 0 Å². The number of nitrogens with one attached hydrogen (secondary N) is 2. The molecule has 5 amide bonds. The number of amides is 5. The number of fused-ring (bicyclic) bond motifs is 3. The van der Waals surface area contributed by atoms with Gasteiger partial charge in [0.1, 0.15) is 17.4 Å². The van der Waals surface area contributed by atoms with Crippen molar-refractivity contribution >= 4 is 51.8 Å². The van der Waals surface area contributed by atoms with E-state index in [-0.39, 0.29) is 35.9 Å². The standard InChI is InChI=1S/C36H31N9O6/c1-51-30-18-27-22(17-28(30)39-33(47)26-19-38-43-13-3-11-37-32(26)43)20-44(41-27)23-9-14-42(15-10-23)12-2-4-21-5-6-24-25(16-21)36(50)45(35(24)49)29-7-8-31(46)40-34(29)48/h3,5-6,11,13,16-20,23,29H,7-10,12,14-15H2,1H3,(H,39,47)(H,40,46,48). The third-order valence-corrected chi connectivity index (χ3v) is 9.52. The number of nitrogens with zero attached hydrogens (tertiary/aromatic N) is 7. The van der Waals surface area contributed by atoms with Gasteiger partial charge >= 0.3 is 0 Å². The monoisotopic (exact) mass is 685 g/mol. The molecule has 2 N–H and O–H groups in total. The Morgan fingerprint density at radius 1 is 1.06 bits per heavy atom. The van der Waals surface area contributed by atoms with Gasteiger partial charge in [-0.1, -0.05) is 11.8 Å². The second-order valence-corrected chi connectivity index (χ2v) is 12.6. The number of ether oxygens (including phenoxy) is 1. The largest absolute Gasteiger partial charge is 0.494 e. The number of piperidine rings is 2. The highest BCUT2D eigenvalue weighted by Crippen LogP contribution is 2.33. The van der Waals surface area contributed by atoms with Crippen LogP contribution in [0.3, 0.4) is 0 Å². The number of hydrogen-bond donors (Lipinski definition) is 2. The molecule has 0 saturated carbocycles. The van der Waals surface area contributed by atoms with Crippen LogP contribution in [0.2, 0.25) is 0 Å². The van der Waals surface area contributed by atoms with Crippen LogP contribution in [0.15, 0.2) is 61.2 Å². The van der Waals surface area contributed by atoms with Crippen LogP contribution in [0.4, 0.5) is 5.69 Å². The van der Waals surface area contributed by atoms with E-state index in [0.29, 0.717) is 34.8 Å². The third-order valence-electron chi connectivity index (χ3n) is 9.52. The highest BCUT2D eigenvalue weighted by atomic mass is 16.5. The molecule has 15 nitrogen and oxygen atoms in total. The maximum atomic E-state index is 13.1. The average molecular weight is 686 g/mol. The van der Waals surface area contributed by atoms with Gasteiger partial charge in [-0.2, -0.15) is 10.2 Å². The molecular formula is C36H31N9O6. The summed E-state index contributed by atoms with van der Waals surface area (Å²) in [6, 6.07) is 9.44. The zero-order valence-corrected chi connectivity index (χ0v) is 27.5. The zero-order chi connectivity index (χ0) is 35.2. The Labute approximate surface area is 290 Å². The van der Waals surface area contributed by atoms with Gasteiger partial charge in [0.05, 0.1) is 48.2 Å². The highest BCUT2D eigenvalue weighted by molar-refractivity contribution is 6.23. The Kier molecular flexibility index (Phi) is 8.00. The SMILES string of the molecule is COc1cc2nn(C3CCN(CC#Cc4ccc5c(c4)C(=O)N(C4CCC(=O)NC4=O)C5=O)CC3)cc2cc1NC(=O)c1cnn2cccnc12. The summed E-state index contributed by atoms with van der Waals surface area (Å²) in [5.41, 5.74) is 3.11. The van der Waals surface area contributed by atoms with Crippen LogP contribution < -0.4 is 15.4 Å². The number of aromatic nitrogens is 5. The predicted molar refractivity (Wildman–Crippen MR) is 182 cm³/mol. The van der Waals surface area contributed by atoms with Crippen molar-refractivity contribution < 1.29 is 28.7 Å². The van der Waals surface area contributed by atoms with Crippen molar-refractivity contribution in [2.45, 2.75) is 37.8 Å². The molecule has 3 aliphatic rings. The lowest BCUT2D eigenvalue weighted by Gasteiger charge is -2.30. The number of likely N-dealkylation sites (tertiary alicyclic amines) is 1. The summed E-state index contributed by atoms with van der Waals surface area (Å²) in [5, 5.41) is 15.0. The summed E-state index contributed by atoms with van der Waals surface area (Å²) in [4.78, 5) is 70.6. The number of anilines is 1. The maximum absolute atomic E-state index is 13.1. The lowest BCUT2D eigenvalue weighted by atomic mass is 10.0. The van der Waals surface area contributed by atoms with Gasteiger partial charge in [-0.3, -0.25) is 43.8 Å². The van der Waals surface area contributed by atoms with E-state index in [2.05, 4.69) is 37.5 Å². The van der Waals surface area contributed by atoms with Crippen LogP contribution in [-0.4, -0.2) is 96.5 Å². The quantitative estimate of drug-likeness (QED) is 0.200. The molecule has 6 heterocycles. The van der Waals surface area contributed by atoms with Crippen LogP contribution in [0.25, 0.3) is 16.6 Å². The molecule has 51 heavy (non-hydrogen) atoms. The normalized spacial score (nSPS) is 18.1. The Morgan fingerprint density at radius 3 is 2.69 bits per heavy atom. The Morgan fingerprint density at radius 2 is 1.88 bits per heavy atom. The molecule has 15 heteroatoms. The topological polar surface area (TPSA) is 173 Å². The Bertz CT molecular complexity index is 2340. The second-order valence-electron chi connectivity index (χ2n) is 12.6. The van der Waals surface area contributed by atoms with E-state index < -0.39 is 29.7 Å². The van der Waals surface area contributed by atoms with Gasteiger partial charge in [-0.15, -0.1) is 0 Å². The summed E-state index contributed by atoms with van der Waals surface area (Å²) in [5.74, 6) is 4.29. The molecule has 8 rings (SSSR count). The summed E-state index contributed by atoms with van der Waals surface area (Å²) in [6.45, 7) is 2.15. The lowest BCUT2D eigenvalue weighted by molar-refractivity contribution is -0.136. The van der Waals surface area contributed by atoms with E-state index in [4.69, 9.17) is 9.84 Å². The molecule has 2 saturated heterocycles. The van der Waals surface area contributed by atoms with Gasteiger partial charge in [-0.05, 0) is 49.6 Å². The van der Waals surface area contributed by atoms with Gasteiger partial charge in [0.25, 0.3) is 17.7 Å². The van der Waals surface area contributed by atoms with E-state index in [1.165, 1.54) is 6.20 Å². The van der Waals surface area contributed by atoms with Gasteiger partial charge < -0.3 is 10.1 Å². The fourth-order valence-corrected chi connectivity index (χ4v) is 6.85.